The SMILES string of the molecule is COC(=O)c1ccc(Cl)c(NC(=O)C2CCOCC2)c1. The summed E-state index contributed by atoms with van der Waals surface area (Å²) in [6.45, 7) is 1.18. The Morgan fingerprint density at radius 2 is 2.05 bits per heavy atom. The van der Waals surface area contributed by atoms with E-state index in [1.807, 2.05) is 0 Å². The highest BCUT2D eigenvalue weighted by Gasteiger charge is 2.22. The molecule has 1 amide bonds. The molecule has 20 heavy (non-hydrogen) atoms. The first-order chi connectivity index (χ1) is 9.61. The van der Waals surface area contributed by atoms with Gasteiger partial charge in [-0.3, -0.25) is 4.79 Å². The summed E-state index contributed by atoms with van der Waals surface area (Å²) in [5.41, 5.74) is 0.769. The monoisotopic (exact) mass is 297 g/mol. The number of carbonyl (C=O) groups is 2. The van der Waals surface area contributed by atoms with Gasteiger partial charge in [-0.2, -0.15) is 0 Å². The first kappa shape index (κ1) is 14.8. The van der Waals surface area contributed by atoms with E-state index in [0.717, 1.165) is 0 Å². The first-order valence-corrected chi connectivity index (χ1v) is 6.76. The van der Waals surface area contributed by atoms with E-state index in [2.05, 4.69) is 10.1 Å². The number of anilines is 1. The van der Waals surface area contributed by atoms with E-state index < -0.39 is 5.97 Å². The molecule has 0 spiro atoms. The fraction of sp³-hybridized carbons (Fsp3) is 0.429. The van der Waals surface area contributed by atoms with Gasteiger partial charge in [-0.15, -0.1) is 0 Å². The highest BCUT2D eigenvalue weighted by Crippen LogP contribution is 2.25. The van der Waals surface area contributed by atoms with E-state index in [-0.39, 0.29) is 11.8 Å². The minimum absolute atomic E-state index is 0.0819. The summed E-state index contributed by atoms with van der Waals surface area (Å²) >= 11 is 6.04. The first-order valence-electron chi connectivity index (χ1n) is 6.38. The Kier molecular flexibility index (Phi) is 4.98. The van der Waals surface area contributed by atoms with Gasteiger partial charge < -0.3 is 14.8 Å². The molecule has 2 rings (SSSR count). The van der Waals surface area contributed by atoms with Crippen molar-refractivity contribution in [1.82, 2.24) is 0 Å². The summed E-state index contributed by atoms with van der Waals surface area (Å²) in [6.07, 6.45) is 1.39. The molecule has 0 aromatic heterocycles. The van der Waals surface area contributed by atoms with Crippen molar-refractivity contribution in [3.63, 3.8) is 0 Å². The highest BCUT2D eigenvalue weighted by atomic mass is 35.5. The van der Waals surface area contributed by atoms with Gasteiger partial charge in [0.25, 0.3) is 0 Å². The van der Waals surface area contributed by atoms with E-state index in [1.165, 1.54) is 13.2 Å². The van der Waals surface area contributed by atoms with Gasteiger partial charge in [-0.1, -0.05) is 11.6 Å². The van der Waals surface area contributed by atoms with Gasteiger partial charge in [0, 0.05) is 19.1 Å². The maximum absolute atomic E-state index is 12.1. The minimum Gasteiger partial charge on any atom is -0.465 e. The number of ether oxygens (including phenoxy) is 2. The van der Waals surface area contributed by atoms with Crippen molar-refractivity contribution in [2.45, 2.75) is 12.8 Å². The zero-order valence-corrected chi connectivity index (χ0v) is 11.9. The predicted molar refractivity (Wildman–Crippen MR) is 75.0 cm³/mol. The van der Waals surface area contributed by atoms with E-state index in [9.17, 15) is 9.59 Å². The molecule has 0 radical (unpaired) electrons. The third kappa shape index (κ3) is 3.49. The topological polar surface area (TPSA) is 64.6 Å². The van der Waals surface area contributed by atoms with Crippen molar-refractivity contribution < 1.29 is 19.1 Å². The van der Waals surface area contributed by atoms with Crippen molar-refractivity contribution in [1.29, 1.82) is 0 Å². The summed E-state index contributed by atoms with van der Waals surface area (Å²) < 4.78 is 9.86. The third-order valence-corrected chi connectivity index (χ3v) is 3.57. The third-order valence-electron chi connectivity index (χ3n) is 3.24. The van der Waals surface area contributed by atoms with Crippen molar-refractivity contribution in [2.75, 3.05) is 25.6 Å². The average molecular weight is 298 g/mol. The van der Waals surface area contributed by atoms with Gasteiger partial charge in [-0.25, -0.2) is 4.79 Å². The molecule has 0 unspecified atom stereocenters. The Labute approximate surface area is 122 Å². The molecule has 1 heterocycles. The van der Waals surface area contributed by atoms with Crippen LogP contribution in [-0.4, -0.2) is 32.2 Å². The number of rotatable bonds is 3. The van der Waals surface area contributed by atoms with Gasteiger partial charge in [0.05, 0.1) is 23.4 Å². The maximum Gasteiger partial charge on any atom is 0.337 e. The molecule has 1 aliphatic rings. The number of benzene rings is 1. The van der Waals surface area contributed by atoms with Crippen LogP contribution in [0.5, 0.6) is 0 Å². The standard InChI is InChI=1S/C14H16ClNO4/c1-19-14(18)10-2-3-11(15)12(8-10)16-13(17)9-4-6-20-7-5-9/h2-3,8-9H,4-7H2,1H3,(H,16,17). The van der Waals surface area contributed by atoms with Crippen molar-refractivity contribution in [3.8, 4) is 0 Å². The van der Waals surface area contributed by atoms with Gasteiger partial charge in [0.15, 0.2) is 0 Å². The number of hydrogen-bond acceptors (Lipinski definition) is 4. The molecule has 1 aromatic rings. The van der Waals surface area contributed by atoms with Crippen molar-refractivity contribution in [2.24, 2.45) is 5.92 Å². The second-order valence-corrected chi connectivity index (χ2v) is 4.97. The molecule has 0 aliphatic carbocycles. The number of nitrogens with one attached hydrogen (secondary N) is 1. The lowest BCUT2D eigenvalue weighted by Crippen LogP contribution is -2.28. The van der Waals surface area contributed by atoms with Crippen LogP contribution in [0.1, 0.15) is 23.2 Å². The fourth-order valence-electron chi connectivity index (χ4n) is 2.06. The summed E-state index contributed by atoms with van der Waals surface area (Å²) in [5.74, 6) is -0.651. The van der Waals surface area contributed by atoms with Crippen LogP contribution < -0.4 is 5.32 Å². The quantitative estimate of drug-likeness (QED) is 0.871. The molecule has 0 atom stereocenters. The van der Waals surface area contributed by atoms with E-state index in [0.29, 0.717) is 42.3 Å². The number of methoxy groups -OCH3 is 1. The molecular formula is C14H16ClNO4. The van der Waals surface area contributed by atoms with Crippen LogP contribution in [0.15, 0.2) is 18.2 Å². The fourth-order valence-corrected chi connectivity index (χ4v) is 2.23. The Morgan fingerprint density at radius 3 is 2.70 bits per heavy atom. The normalized spacial score (nSPS) is 15.7. The number of hydrogen-bond donors (Lipinski definition) is 1. The molecule has 1 aliphatic heterocycles. The van der Waals surface area contributed by atoms with Crippen LogP contribution >= 0.6 is 11.6 Å². The number of carbonyl (C=O) groups excluding carboxylic acids is 2. The maximum atomic E-state index is 12.1. The molecule has 1 aromatic carbocycles. The molecule has 1 saturated heterocycles. The van der Waals surface area contributed by atoms with Gasteiger partial charge >= 0.3 is 5.97 Å². The summed E-state index contributed by atoms with van der Waals surface area (Å²) in [4.78, 5) is 23.6. The molecule has 1 fully saturated rings. The minimum atomic E-state index is -0.469. The summed E-state index contributed by atoms with van der Waals surface area (Å²) in [6, 6.07) is 4.64. The van der Waals surface area contributed by atoms with E-state index >= 15 is 0 Å². The largest absolute Gasteiger partial charge is 0.465 e. The van der Waals surface area contributed by atoms with Crippen LogP contribution in [0.25, 0.3) is 0 Å². The Bertz CT molecular complexity index is 512. The lowest BCUT2D eigenvalue weighted by atomic mass is 9.99. The molecule has 6 heteroatoms. The molecule has 0 saturated carbocycles. The number of halogens is 1. The van der Waals surface area contributed by atoms with Gasteiger partial charge in [0.2, 0.25) is 5.91 Å². The van der Waals surface area contributed by atoms with Crippen LogP contribution in [-0.2, 0) is 14.3 Å². The molecular weight excluding hydrogens is 282 g/mol. The highest BCUT2D eigenvalue weighted by molar-refractivity contribution is 6.33. The second-order valence-electron chi connectivity index (χ2n) is 4.56. The predicted octanol–water partition coefficient (Wildman–Crippen LogP) is 2.49. The zero-order valence-electron chi connectivity index (χ0n) is 11.1. The Morgan fingerprint density at radius 1 is 1.35 bits per heavy atom. The molecule has 0 bridgehead atoms. The number of esters is 1. The number of amides is 1. The molecule has 5 nitrogen and oxygen atoms in total. The van der Waals surface area contributed by atoms with Crippen LogP contribution in [0.2, 0.25) is 5.02 Å². The van der Waals surface area contributed by atoms with Crippen LogP contribution in [0, 0.1) is 5.92 Å². The summed E-state index contributed by atoms with van der Waals surface area (Å²) in [5, 5.41) is 3.15. The van der Waals surface area contributed by atoms with Gasteiger partial charge in [0.1, 0.15) is 0 Å². The molecule has 108 valence electrons. The second kappa shape index (κ2) is 6.72. The Balaban J connectivity index is 2.11. The lowest BCUT2D eigenvalue weighted by Gasteiger charge is -2.21. The zero-order chi connectivity index (χ0) is 14.5. The summed E-state index contributed by atoms with van der Waals surface area (Å²) in [7, 11) is 1.30. The average Bonchev–Trinajstić information content (AvgIpc) is 2.49. The van der Waals surface area contributed by atoms with Crippen molar-refractivity contribution >= 4 is 29.2 Å². The van der Waals surface area contributed by atoms with Crippen LogP contribution in [0.4, 0.5) is 5.69 Å². The lowest BCUT2D eigenvalue weighted by molar-refractivity contribution is -0.122. The van der Waals surface area contributed by atoms with Crippen LogP contribution in [0.3, 0.4) is 0 Å². The van der Waals surface area contributed by atoms with E-state index in [1.54, 1.807) is 12.1 Å². The Hall–Kier alpha value is -1.59. The smallest absolute Gasteiger partial charge is 0.337 e. The molecule has 1 N–H and O–H groups in total. The van der Waals surface area contributed by atoms with E-state index in [4.69, 9.17) is 16.3 Å². The van der Waals surface area contributed by atoms with Crippen molar-refractivity contribution in [3.05, 3.63) is 28.8 Å². The van der Waals surface area contributed by atoms with Gasteiger partial charge in [-0.05, 0) is 31.0 Å².